The summed E-state index contributed by atoms with van der Waals surface area (Å²) in [6.07, 6.45) is -8.62. The van der Waals surface area contributed by atoms with E-state index in [0.29, 0.717) is 25.0 Å². The maximum Gasteiger partial charge on any atom is 0.416 e. The molecule has 176 valence electrons. The number of halogens is 6. The van der Waals surface area contributed by atoms with Crippen molar-refractivity contribution >= 4 is 11.7 Å². The number of ketones is 1. The first-order valence-electron chi connectivity index (χ1n) is 10.6. The number of nitrogens with zero attached hydrogens (tertiary/aromatic N) is 1. The van der Waals surface area contributed by atoms with Crippen LogP contribution in [0.25, 0.3) is 0 Å². The van der Waals surface area contributed by atoms with Gasteiger partial charge < -0.3 is 4.90 Å². The number of Topliss-reactive ketones (excluding diaryl/α,β-unsaturated/α-hetero) is 1. The molecule has 0 N–H and O–H groups in total. The Labute approximate surface area is 186 Å². The fourth-order valence-corrected chi connectivity index (χ4v) is 5.00. The largest absolute Gasteiger partial charge is 0.416 e. The van der Waals surface area contributed by atoms with E-state index >= 15 is 0 Å². The van der Waals surface area contributed by atoms with Gasteiger partial charge in [-0.1, -0.05) is 30.3 Å². The van der Waals surface area contributed by atoms with Crippen LogP contribution < -0.4 is 0 Å². The summed E-state index contributed by atoms with van der Waals surface area (Å²) in [7, 11) is 0. The van der Waals surface area contributed by atoms with E-state index in [9.17, 15) is 35.9 Å². The normalized spacial score (nSPS) is 21.5. The van der Waals surface area contributed by atoms with Gasteiger partial charge in [0.15, 0.2) is 0 Å². The van der Waals surface area contributed by atoms with Crippen LogP contribution in [0.1, 0.15) is 60.3 Å². The van der Waals surface area contributed by atoms with Crippen molar-refractivity contribution in [3.8, 4) is 0 Å². The van der Waals surface area contributed by atoms with E-state index in [-0.39, 0.29) is 43.2 Å². The van der Waals surface area contributed by atoms with Gasteiger partial charge in [-0.2, -0.15) is 26.3 Å². The molecule has 2 aliphatic rings. The quantitative estimate of drug-likeness (QED) is 0.511. The third kappa shape index (κ3) is 4.37. The third-order valence-electron chi connectivity index (χ3n) is 6.68. The first kappa shape index (κ1) is 23.3. The maximum atomic E-state index is 13.5. The number of hydrogen-bond donors (Lipinski definition) is 0. The third-order valence-corrected chi connectivity index (χ3v) is 6.68. The first-order chi connectivity index (χ1) is 15.4. The monoisotopic (exact) mass is 469 g/mol. The first-order valence-corrected chi connectivity index (χ1v) is 10.6. The van der Waals surface area contributed by atoms with E-state index in [1.165, 1.54) is 0 Å². The summed E-state index contributed by atoms with van der Waals surface area (Å²) in [5.74, 6) is -1.57. The Morgan fingerprint density at radius 2 is 1.36 bits per heavy atom. The Hall–Kier alpha value is -2.84. The predicted molar refractivity (Wildman–Crippen MR) is 107 cm³/mol. The van der Waals surface area contributed by atoms with Gasteiger partial charge in [-0.3, -0.25) is 9.59 Å². The minimum atomic E-state index is -4.98. The van der Waals surface area contributed by atoms with Crippen LogP contribution >= 0.6 is 0 Å². The van der Waals surface area contributed by atoms with E-state index in [1.54, 1.807) is 23.1 Å². The van der Waals surface area contributed by atoms with Gasteiger partial charge >= 0.3 is 12.4 Å². The molecule has 2 aromatic rings. The Morgan fingerprint density at radius 1 is 0.818 bits per heavy atom. The van der Waals surface area contributed by atoms with Gasteiger partial charge in [-0.15, -0.1) is 0 Å². The molecule has 1 saturated carbocycles. The van der Waals surface area contributed by atoms with Crippen molar-refractivity contribution in [3.63, 3.8) is 0 Å². The van der Waals surface area contributed by atoms with Gasteiger partial charge in [-0.05, 0) is 48.6 Å². The molecule has 2 fully saturated rings. The fourth-order valence-electron chi connectivity index (χ4n) is 5.00. The molecular formula is C24H21F6NO2. The molecule has 1 unspecified atom stereocenters. The molecular weight excluding hydrogens is 448 g/mol. The highest BCUT2D eigenvalue weighted by molar-refractivity contribution is 5.87. The van der Waals surface area contributed by atoms with E-state index < -0.39 is 40.8 Å². The predicted octanol–water partition coefficient (Wildman–Crippen LogP) is 6.08. The Kier molecular flexibility index (Phi) is 5.78. The molecule has 0 spiro atoms. The van der Waals surface area contributed by atoms with Crippen LogP contribution in [0.15, 0.2) is 48.5 Å². The molecule has 0 radical (unpaired) electrons. The zero-order chi connectivity index (χ0) is 24.0. The van der Waals surface area contributed by atoms with Crippen LogP contribution in [-0.4, -0.2) is 23.1 Å². The number of benzene rings is 2. The molecule has 0 bridgehead atoms. The molecule has 9 heteroatoms. The number of rotatable bonds is 3. The van der Waals surface area contributed by atoms with Gasteiger partial charge in [-0.25, -0.2) is 0 Å². The van der Waals surface area contributed by atoms with Crippen LogP contribution in [-0.2, 0) is 27.5 Å². The fraction of sp³-hybridized carbons (Fsp3) is 0.417. The molecule has 33 heavy (non-hydrogen) atoms. The summed E-state index contributed by atoms with van der Waals surface area (Å²) in [6, 6.07) is 10.4. The van der Waals surface area contributed by atoms with E-state index in [1.807, 2.05) is 12.1 Å². The second-order valence-electron chi connectivity index (χ2n) is 8.61. The van der Waals surface area contributed by atoms with E-state index in [2.05, 4.69) is 0 Å². The lowest BCUT2D eigenvalue weighted by Gasteiger charge is -2.45. The average molecular weight is 469 g/mol. The van der Waals surface area contributed by atoms with Crippen molar-refractivity contribution in [3.05, 3.63) is 70.8 Å². The summed E-state index contributed by atoms with van der Waals surface area (Å²) >= 11 is 0. The molecule has 1 heterocycles. The number of amides is 1. The van der Waals surface area contributed by atoms with Crippen LogP contribution in [0.3, 0.4) is 0 Å². The van der Waals surface area contributed by atoms with Crippen molar-refractivity contribution in [2.24, 2.45) is 0 Å². The summed E-state index contributed by atoms with van der Waals surface area (Å²) in [6.45, 7) is 0.185. The molecule has 1 aliphatic heterocycles. The Bertz CT molecular complexity index is 1020. The summed E-state index contributed by atoms with van der Waals surface area (Å²) < 4.78 is 79.9. The number of carbonyl (C=O) groups excluding carboxylic acids is 2. The number of carbonyl (C=O) groups is 2. The van der Waals surface area contributed by atoms with E-state index in [4.69, 9.17) is 0 Å². The second kappa shape index (κ2) is 8.18. The zero-order valence-electron chi connectivity index (χ0n) is 17.5. The van der Waals surface area contributed by atoms with Crippen LogP contribution in [0.5, 0.6) is 0 Å². The maximum absolute atomic E-state index is 13.5. The summed E-state index contributed by atoms with van der Waals surface area (Å²) in [5, 5.41) is 0. The van der Waals surface area contributed by atoms with Gasteiger partial charge in [0.05, 0.1) is 22.6 Å². The standard InChI is InChI=1S/C24H21F6NO2/c25-23(26,27)17-12-15(13-18(14-17)24(28,29)30)20-8-11-31(21(20)33)22(9-6-19(32)7-10-22)16-4-2-1-3-5-16/h1-5,12-14,20H,6-11H2. The van der Waals surface area contributed by atoms with Crippen LogP contribution in [0.4, 0.5) is 26.3 Å². The van der Waals surface area contributed by atoms with Gasteiger partial charge in [0, 0.05) is 19.4 Å². The highest BCUT2D eigenvalue weighted by Crippen LogP contribution is 2.47. The lowest BCUT2D eigenvalue weighted by Crippen LogP contribution is -2.49. The highest BCUT2D eigenvalue weighted by atomic mass is 19.4. The van der Waals surface area contributed by atoms with E-state index in [0.717, 1.165) is 5.56 Å². The molecule has 4 rings (SSSR count). The van der Waals surface area contributed by atoms with Crippen LogP contribution in [0.2, 0.25) is 0 Å². The minimum Gasteiger partial charge on any atom is -0.332 e. The van der Waals surface area contributed by atoms with Crippen molar-refractivity contribution < 1.29 is 35.9 Å². The van der Waals surface area contributed by atoms with Crippen molar-refractivity contribution in [1.82, 2.24) is 4.90 Å². The average Bonchev–Trinajstić information content (AvgIpc) is 3.15. The number of hydrogen-bond acceptors (Lipinski definition) is 2. The second-order valence-corrected chi connectivity index (χ2v) is 8.61. The van der Waals surface area contributed by atoms with Gasteiger partial charge in [0.1, 0.15) is 5.78 Å². The number of alkyl halides is 6. The molecule has 3 nitrogen and oxygen atoms in total. The SMILES string of the molecule is O=C1CCC(c2ccccc2)(N2CCC(c3cc(C(F)(F)F)cc(C(F)(F)F)c3)C2=O)CC1. The zero-order valence-corrected chi connectivity index (χ0v) is 17.5. The molecule has 1 aliphatic carbocycles. The van der Waals surface area contributed by atoms with Crippen molar-refractivity contribution in [2.45, 2.75) is 55.9 Å². The smallest absolute Gasteiger partial charge is 0.332 e. The molecule has 1 amide bonds. The Morgan fingerprint density at radius 3 is 1.88 bits per heavy atom. The molecule has 2 aromatic carbocycles. The highest BCUT2D eigenvalue weighted by Gasteiger charge is 2.49. The molecule has 0 aromatic heterocycles. The molecule has 1 atom stereocenters. The lowest BCUT2D eigenvalue weighted by atomic mass is 9.75. The number of likely N-dealkylation sites (tertiary alicyclic amines) is 1. The summed E-state index contributed by atoms with van der Waals surface area (Å²) in [5.41, 5.74) is -3.15. The summed E-state index contributed by atoms with van der Waals surface area (Å²) in [4.78, 5) is 26.9. The lowest BCUT2D eigenvalue weighted by molar-refractivity contribution is -0.143. The van der Waals surface area contributed by atoms with Crippen molar-refractivity contribution in [1.29, 1.82) is 0 Å². The van der Waals surface area contributed by atoms with Crippen molar-refractivity contribution in [2.75, 3.05) is 6.54 Å². The van der Waals surface area contributed by atoms with Gasteiger partial charge in [0.25, 0.3) is 0 Å². The minimum absolute atomic E-state index is 0.0671. The topological polar surface area (TPSA) is 37.4 Å². The van der Waals surface area contributed by atoms with Gasteiger partial charge in [0.2, 0.25) is 5.91 Å². The Balaban J connectivity index is 1.74. The van der Waals surface area contributed by atoms with Crippen LogP contribution in [0, 0.1) is 0 Å². The molecule has 1 saturated heterocycles.